The van der Waals surface area contributed by atoms with Crippen molar-refractivity contribution in [1.29, 1.82) is 0 Å². The average Bonchev–Trinajstić information content (AvgIpc) is 2.39. The van der Waals surface area contributed by atoms with E-state index in [-0.39, 0.29) is 11.3 Å². The first-order valence-corrected chi connectivity index (χ1v) is 5.88. The van der Waals surface area contributed by atoms with Crippen LogP contribution in [0.4, 0.5) is 39.0 Å². The van der Waals surface area contributed by atoms with Gasteiger partial charge in [-0.15, -0.1) is 0 Å². The van der Waals surface area contributed by atoms with Crippen LogP contribution in [0.2, 0.25) is 0 Å². The van der Waals surface area contributed by atoms with Gasteiger partial charge < -0.3 is 11.1 Å². The number of nitrogen functional groups attached to an aromatic ring is 1. The van der Waals surface area contributed by atoms with E-state index in [2.05, 4.69) is 5.32 Å². The van der Waals surface area contributed by atoms with Gasteiger partial charge in [0.25, 0.3) is 0 Å². The molecule has 0 aliphatic rings. The summed E-state index contributed by atoms with van der Waals surface area (Å²) in [6.07, 6.45) is -4.70. The van der Waals surface area contributed by atoms with E-state index in [0.717, 1.165) is 12.1 Å². The highest BCUT2D eigenvalue weighted by Gasteiger charge is 2.34. The van der Waals surface area contributed by atoms with Gasteiger partial charge in [0.1, 0.15) is 11.5 Å². The molecule has 0 fully saturated rings. The Bertz CT molecular complexity index is 680. The first-order valence-electron chi connectivity index (χ1n) is 5.88. The van der Waals surface area contributed by atoms with E-state index < -0.39 is 34.7 Å². The summed E-state index contributed by atoms with van der Waals surface area (Å²) < 4.78 is 66.2. The topological polar surface area (TPSA) is 38.0 Å². The predicted octanol–water partition coefficient (Wildman–Crippen LogP) is 4.62. The van der Waals surface area contributed by atoms with Crippen molar-refractivity contribution in [3.05, 3.63) is 53.1 Å². The Labute approximate surface area is 117 Å². The van der Waals surface area contributed by atoms with Crippen molar-refractivity contribution >= 4 is 17.1 Å². The van der Waals surface area contributed by atoms with Crippen molar-refractivity contribution in [1.82, 2.24) is 0 Å². The Morgan fingerprint density at radius 2 is 1.71 bits per heavy atom. The molecule has 2 aromatic carbocycles. The monoisotopic (exact) mass is 302 g/mol. The summed E-state index contributed by atoms with van der Waals surface area (Å²) in [6, 6.07) is 5.12. The number of nitrogens with one attached hydrogen (secondary N) is 1. The van der Waals surface area contributed by atoms with Crippen LogP contribution in [0.1, 0.15) is 11.1 Å². The molecule has 21 heavy (non-hydrogen) atoms. The molecule has 0 bridgehead atoms. The number of benzene rings is 2. The van der Waals surface area contributed by atoms with Crippen LogP contribution in [0.25, 0.3) is 0 Å². The second-order valence-corrected chi connectivity index (χ2v) is 4.48. The van der Waals surface area contributed by atoms with Gasteiger partial charge in [0.2, 0.25) is 0 Å². The SMILES string of the molecule is Cc1ccc(F)c(Nc2ccc(N)cc2C(F)(F)F)c1F. The molecular weight excluding hydrogens is 291 g/mol. The van der Waals surface area contributed by atoms with Gasteiger partial charge in [0, 0.05) is 5.69 Å². The number of hydrogen-bond donors (Lipinski definition) is 2. The van der Waals surface area contributed by atoms with Crippen molar-refractivity contribution in [2.45, 2.75) is 13.1 Å². The predicted molar refractivity (Wildman–Crippen MR) is 70.2 cm³/mol. The minimum Gasteiger partial charge on any atom is -0.399 e. The molecule has 2 rings (SSSR count). The summed E-state index contributed by atoms with van der Waals surface area (Å²) in [5.41, 5.74) is 3.14. The van der Waals surface area contributed by atoms with E-state index >= 15 is 0 Å². The van der Waals surface area contributed by atoms with Gasteiger partial charge in [-0.2, -0.15) is 13.2 Å². The third-order valence-corrected chi connectivity index (χ3v) is 2.89. The maximum absolute atomic E-state index is 13.8. The summed E-state index contributed by atoms with van der Waals surface area (Å²) in [5.74, 6) is -1.93. The summed E-state index contributed by atoms with van der Waals surface area (Å²) >= 11 is 0. The Morgan fingerprint density at radius 3 is 2.33 bits per heavy atom. The highest BCUT2D eigenvalue weighted by Crippen LogP contribution is 2.38. The van der Waals surface area contributed by atoms with E-state index in [1.54, 1.807) is 0 Å². The van der Waals surface area contributed by atoms with E-state index in [4.69, 9.17) is 5.73 Å². The van der Waals surface area contributed by atoms with Crippen LogP contribution in [-0.2, 0) is 6.18 Å². The van der Waals surface area contributed by atoms with Crippen molar-refractivity contribution in [3.63, 3.8) is 0 Å². The number of aryl methyl sites for hydroxylation is 1. The summed E-state index contributed by atoms with van der Waals surface area (Å²) in [6.45, 7) is 1.38. The molecule has 0 saturated heterocycles. The normalized spacial score (nSPS) is 11.5. The third-order valence-electron chi connectivity index (χ3n) is 2.89. The molecule has 0 radical (unpaired) electrons. The molecule has 3 N–H and O–H groups in total. The molecule has 2 aromatic rings. The van der Waals surface area contributed by atoms with Crippen LogP contribution in [0, 0.1) is 18.6 Å². The fraction of sp³-hybridized carbons (Fsp3) is 0.143. The van der Waals surface area contributed by atoms with Gasteiger partial charge in [0.15, 0.2) is 5.82 Å². The van der Waals surface area contributed by atoms with E-state index in [1.165, 1.54) is 19.1 Å². The fourth-order valence-electron chi connectivity index (χ4n) is 1.81. The van der Waals surface area contributed by atoms with Crippen LogP contribution >= 0.6 is 0 Å². The van der Waals surface area contributed by atoms with E-state index in [1.807, 2.05) is 0 Å². The lowest BCUT2D eigenvalue weighted by atomic mass is 10.1. The summed E-state index contributed by atoms with van der Waals surface area (Å²) in [5, 5.41) is 2.16. The van der Waals surface area contributed by atoms with Gasteiger partial charge >= 0.3 is 6.18 Å². The van der Waals surface area contributed by atoms with E-state index in [9.17, 15) is 22.0 Å². The van der Waals surface area contributed by atoms with Gasteiger partial charge in [-0.1, -0.05) is 6.07 Å². The largest absolute Gasteiger partial charge is 0.418 e. The quantitative estimate of drug-likeness (QED) is 0.627. The zero-order chi connectivity index (χ0) is 15.8. The average molecular weight is 302 g/mol. The number of rotatable bonds is 2. The van der Waals surface area contributed by atoms with E-state index in [0.29, 0.717) is 6.07 Å². The molecule has 0 atom stereocenters. The number of alkyl halides is 3. The standard InChI is InChI=1S/C14H11F5N2/c1-7-2-4-10(15)13(12(7)16)21-11-5-3-8(20)6-9(11)14(17,18)19/h2-6,21H,20H2,1H3. The summed E-state index contributed by atoms with van der Waals surface area (Å²) in [4.78, 5) is 0. The molecule has 0 unspecified atom stereocenters. The third kappa shape index (κ3) is 3.07. The van der Waals surface area contributed by atoms with Gasteiger partial charge in [-0.05, 0) is 36.8 Å². The first kappa shape index (κ1) is 15.1. The minimum absolute atomic E-state index is 0.0990. The smallest absolute Gasteiger partial charge is 0.399 e. The molecule has 0 aliphatic heterocycles. The van der Waals surface area contributed by atoms with Crippen LogP contribution < -0.4 is 11.1 Å². The Hall–Kier alpha value is -2.31. The molecule has 0 spiro atoms. The zero-order valence-corrected chi connectivity index (χ0v) is 10.9. The second kappa shape index (κ2) is 5.23. The highest BCUT2D eigenvalue weighted by molar-refractivity contribution is 5.68. The van der Waals surface area contributed by atoms with Crippen LogP contribution in [0.3, 0.4) is 0 Å². The van der Waals surface area contributed by atoms with Crippen molar-refractivity contribution in [3.8, 4) is 0 Å². The molecule has 0 aliphatic carbocycles. The Balaban J connectivity index is 2.53. The Morgan fingerprint density at radius 1 is 1.05 bits per heavy atom. The Kier molecular flexibility index (Phi) is 3.76. The maximum atomic E-state index is 13.8. The highest BCUT2D eigenvalue weighted by atomic mass is 19.4. The molecule has 0 heterocycles. The maximum Gasteiger partial charge on any atom is 0.418 e. The summed E-state index contributed by atoms with van der Waals surface area (Å²) in [7, 11) is 0. The molecule has 7 heteroatoms. The number of hydrogen-bond acceptors (Lipinski definition) is 2. The van der Waals surface area contributed by atoms with Crippen LogP contribution in [0.15, 0.2) is 30.3 Å². The second-order valence-electron chi connectivity index (χ2n) is 4.48. The molecular formula is C14H11F5N2. The molecule has 0 aromatic heterocycles. The lowest BCUT2D eigenvalue weighted by Crippen LogP contribution is -2.11. The van der Waals surface area contributed by atoms with Gasteiger partial charge in [0.05, 0.1) is 11.3 Å². The van der Waals surface area contributed by atoms with Gasteiger partial charge in [-0.25, -0.2) is 8.78 Å². The van der Waals surface area contributed by atoms with Crippen LogP contribution in [-0.4, -0.2) is 0 Å². The number of anilines is 3. The van der Waals surface area contributed by atoms with Gasteiger partial charge in [-0.3, -0.25) is 0 Å². The van der Waals surface area contributed by atoms with Crippen LogP contribution in [0.5, 0.6) is 0 Å². The van der Waals surface area contributed by atoms with Crippen molar-refractivity contribution in [2.24, 2.45) is 0 Å². The molecule has 0 saturated carbocycles. The zero-order valence-electron chi connectivity index (χ0n) is 10.9. The lowest BCUT2D eigenvalue weighted by molar-refractivity contribution is -0.136. The number of nitrogens with two attached hydrogens (primary N) is 1. The van der Waals surface area contributed by atoms with Crippen molar-refractivity contribution in [2.75, 3.05) is 11.1 Å². The minimum atomic E-state index is -4.70. The van der Waals surface area contributed by atoms with Crippen molar-refractivity contribution < 1.29 is 22.0 Å². The molecule has 0 amide bonds. The molecule has 2 nitrogen and oxygen atoms in total. The fourth-order valence-corrected chi connectivity index (χ4v) is 1.81. The lowest BCUT2D eigenvalue weighted by Gasteiger charge is -2.16. The number of halogens is 5. The first-order chi connectivity index (χ1) is 9.70. The molecule has 112 valence electrons.